The van der Waals surface area contributed by atoms with Gasteiger partial charge in [-0.1, -0.05) is 6.92 Å². The van der Waals surface area contributed by atoms with Gasteiger partial charge in [-0.2, -0.15) is 0 Å². The number of rotatable bonds is 3. The monoisotopic (exact) mass is 218 g/mol. The van der Waals surface area contributed by atoms with Crippen molar-refractivity contribution in [1.82, 2.24) is 10.6 Å². The number of hydrogen-bond donors (Lipinski definition) is 3. The second-order valence-electron chi connectivity index (χ2n) is 3.97. The zero-order valence-electron chi connectivity index (χ0n) is 9.46. The smallest absolute Gasteiger partial charge is 0.411 e. The molecule has 6 heteroatoms. The summed E-state index contributed by atoms with van der Waals surface area (Å²) < 4.78 is 4.86. The Labute approximate surface area is 89.0 Å². The number of alkyl carbamates (subject to hydrolysis) is 1. The van der Waals surface area contributed by atoms with Crippen LogP contribution in [0.15, 0.2) is 0 Å². The molecule has 1 atom stereocenters. The van der Waals surface area contributed by atoms with Gasteiger partial charge in [0.25, 0.3) is 0 Å². The second-order valence-corrected chi connectivity index (χ2v) is 3.97. The van der Waals surface area contributed by atoms with Crippen LogP contribution < -0.4 is 10.6 Å². The lowest BCUT2D eigenvalue weighted by Gasteiger charge is -2.21. The Morgan fingerprint density at radius 1 is 1.33 bits per heavy atom. The summed E-state index contributed by atoms with van der Waals surface area (Å²) in [5, 5.41) is 13.4. The van der Waals surface area contributed by atoms with Crippen molar-refractivity contribution in [2.24, 2.45) is 0 Å². The van der Waals surface area contributed by atoms with Gasteiger partial charge < -0.3 is 15.2 Å². The molecule has 0 aliphatic heterocycles. The van der Waals surface area contributed by atoms with Gasteiger partial charge in [0.15, 0.2) is 0 Å². The lowest BCUT2D eigenvalue weighted by molar-refractivity contribution is -0.124. The number of amides is 2. The Hall–Kier alpha value is -1.30. The topological polar surface area (TPSA) is 87.7 Å². The van der Waals surface area contributed by atoms with E-state index in [0.29, 0.717) is 0 Å². The van der Waals surface area contributed by atoms with Gasteiger partial charge in [-0.25, -0.2) is 4.79 Å². The van der Waals surface area contributed by atoms with E-state index in [1.54, 1.807) is 27.7 Å². The Morgan fingerprint density at radius 3 is 2.27 bits per heavy atom. The van der Waals surface area contributed by atoms with Gasteiger partial charge in [-0.3, -0.25) is 10.1 Å². The van der Waals surface area contributed by atoms with E-state index in [0.717, 1.165) is 0 Å². The van der Waals surface area contributed by atoms with E-state index in [1.807, 2.05) is 0 Å². The highest BCUT2D eigenvalue weighted by atomic mass is 16.6. The lowest BCUT2D eigenvalue weighted by Crippen LogP contribution is -2.49. The number of ether oxygens (including phenoxy) is 1. The normalized spacial score (nSPS) is 12.9. The molecule has 0 aromatic heterocycles. The van der Waals surface area contributed by atoms with Gasteiger partial charge in [0.05, 0.1) is 0 Å². The first-order valence-electron chi connectivity index (χ1n) is 4.71. The molecule has 0 radical (unpaired) electrons. The number of hydrogen-bond acceptors (Lipinski definition) is 4. The molecule has 6 nitrogen and oxygen atoms in total. The number of carbonyl (C=O) groups is 2. The van der Waals surface area contributed by atoms with Crippen LogP contribution in [0.2, 0.25) is 0 Å². The maximum absolute atomic E-state index is 11.1. The number of nitrogens with one attached hydrogen (secondary N) is 2. The summed E-state index contributed by atoms with van der Waals surface area (Å²) in [5.41, 5.74) is -0.640. The number of aliphatic hydroxyl groups is 1. The summed E-state index contributed by atoms with van der Waals surface area (Å²) in [6, 6.07) is 0. The molecule has 88 valence electrons. The van der Waals surface area contributed by atoms with Gasteiger partial charge in [0.1, 0.15) is 5.60 Å². The number of carbonyl (C=O) groups excluding carboxylic acids is 2. The molecule has 0 bridgehead atoms. The molecule has 3 N–H and O–H groups in total. The molecule has 15 heavy (non-hydrogen) atoms. The van der Waals surface area contributed by atoms with E-state index in [1.165, 1.54) is 0 Å². The fourth-order valence-electron chi connectivity index (χ4n) is 0.710. The van der Waals surface area contributed by atoms with Crippen LogP contribution in [0.1, 0.15) is 34.1 Å². The molecule has 0 aliphatic carbocycles. The Bertz CT molecular complexity index is 235. The zero-order chi connectivity index (χ0) is 12.1. The molecule has 1 unspecified atom stereocenters. The molecule has 0 saturated heterocycles. The van der Waals surface area contributed by atoms with Crippen LogP contribution in [0, 0.1) is 0 Å². The van der Waals surface area contributed by atoms with Crippen molar-refractivity contribution < 1.29 is 19.4 Å². The van der Waals surface area contributed by atoms with Crippen LogP contribution in [-0.2, 0) is 9.53 Å². The van der Waals surface area contributed by atoms with E-state index in [4.69, 9.17) is 4.74 Å². The van der Waals surface area contributed by atoms with E-state index < -0.39 is 18.0 Å². The highest BCUT2D eigenvalue weighted by Crippen LogP contribution is 2.06. The van der Waals surface area contributed by atoms with Crippen LogP contribution in [0.5, 0.6) is 0 Å². The maximum Gasteiger partial charge on any atom is 0.411 e. The predicted octanol–water partition coefficient (Wildman–Crippen LogP) is 0.313. The summed E-state index contributed by atoms with van der Waals surface area (Å²) >= 11 is 0. The molecule has 2 amide bonds. The van der Waals surface area contributed by atoms with E-state index >= 15 is 0 Å². The fraction of sp³-hybridized carbons (Fsp3) is 0.778. The molecule has 0 spiro atoms. The van der Waals surface area contributed by atoms with E-state index in [-0.39, 0.29) is 12.3 Å². The zero-order valence-corrected chi connectivity index (χ0v) is 9.46. The van der Waals surface area contributed by atoms with Gasteiger partial charge in [0.2, 0.25) is 12.3 Å². The van der Waals surface area contributed by atoms with Gasteiger partial charge >= 0.3 is 6.09 Å². The van der Waals surface area contributed by atoms with Crippen LogP contribution in [0.3, 0.4) is 0 Å². The summed E-state index contributed by atoms with van der Waals surface area (Å²) in [6.07, 6.45) is -1.98. The number of aliphatic hydroxyl groups excluding tert-OH is 1. The van der Waals surface area contributed by atoms with Crippen LogP contribution in [0.25, 0.3) is 0 Å². The third kappa shape index (κ3) is 7.75. The summed E-state index contributed by atoms with van der Waals surface area (Å²) in [5.74, 6) is -0.362. The van der Waals surface area contributed by atoms with Gasteiger partial charge in [-0.15, -0.1) is 0 Å². The third-order valence-corrected chi connectivity index (χ3v) is 1.27. The van der Waals surface area contributed by atoms with Crippen molar-refractivity contribution in [3.63, 3.8) is 0 Å². The first kappa shape index (κ1) is 13.7. The molecule has 0 rings (SSSR count). The molecule has 0 aromatic carbocycles. The molecular formula is C9H18N2O4. The van der Waals surface area contributed by atoms with Crippen molar-refractivity contribution in [1.29, 1.82) is 0 Å². The summed E-state index contributed by atoms with van der Waals surface area (Å²) in [6.45, 7) is 6.73. The van der Waals surface area contributed by atoms with E-state index in [2.05, 4.69) is 10.6 Å². The van der Waals surface area contributed by atoms with Crippen LogP contribution >= 0.6 is 0 Å². The minimum absolute atomic E-state index is 0.229. The summed E-state index contributed by atoms with van der Waals surface area (Å²) in [4.78, 5) is 21.9. The fourth-order valence-corrected chi connectivity index (χ4v) is 0.710. The molecule has 0 heterocycles. The Kier molecular flexibility index (Phi) is 5.07. The first-order valence-corrected chi connectivity index (χ1v) is 4.71. The van der Waals surface area contributed by atoms with Crippen molar-refractivity contribution in [2.75, 3.05) is 0 Å². The largest absolute Gasteiger partial charge is 0.444 e. The third-order valence-electron chi connectivity index (χ3n) is 1.27. The average Bonchev–Trinajstić information content (AvgIpc) is 1.99. The van der Waals surface area contributed by atoms with Crippen LogP contribution in [0.4, 0.5) is 4.79 Å². The Morgan fingerprint density at radius 2 is 1.87 bits per heavy atom. The maximum atomic E-state index is 11.1. The van der Waals surface area contributed by atoms with Gasteiger partial charge in [0, 0.05) is 6.42 Å². The van der Waals surface area contributed by atoms with Crippen LogP contribution in [-0.4, -0.2) is 29.1 Å². The van der Waals surface area contributed by atoms with Crippen molar-refractivity contribution in [2.45, 2.75) is 46.1 Å². The molecule has 0 aliphatic rings. The molecule has 0 aromatic rings. The van der Waals surface area contributed by atoms with Crippen molar-refractivity contribution >= 4 is 12.0 Å². The standard InChI is InChI=1S/C9H18N2O4/c1-5-6(12)10-7(13)11-8(14)15-9(2,3)4/h7,13H,5H2,1-4H3,(H,10,12)(H,11,14). The average molecular weight is 218 g/mol. The second kappa shape index (κ2) is 5.55. The molecule has 0 saturated carbocycles. The minimum Gasteiger partial charge on any atom is -0.444 e. The highest BCUT2D eigenvalue weighted by molar-refractivity contribution is 5.76. The summed E-state index contributed by atoms with van der Waals surface area (Å²) in [7, 11) is 0. The minimum atomic E-state index is -1.42. The quantitative estimate of drug-likeness (QED) is 0.595. The molecular weight excluding hydrogens is 200 g/mol. The van der Waals surface area contributed by atoms with E-state index in [9.17, 15) is 14.7 Å². The first-order chi connectivity index (χ1) is 6.74. The Balaban J connectivity index is 3.92. The lowest BCUT2D eigenvalue weighted by atomic mass is 10.2. The highest BCUT2D eigenvalue weighted by Gasteiger charge is 2.18. The van der Waals surface area contributed by atoms with Crippen molar-refractivity contribution in [3.05, 3.63) is 0 Å². The predicted molar refractivity (Wildman–Crippen MR) is 53.8 cm³/mol. The molecule has 0 fully saturated rings. The van der Waals surface area contributed by atoms with Gasteiger partial charge in [-0.05, 0) is 20.8 Å². The van der Waals surface area contributed by atoms with Crippen molar-refractivity contribution in [3.8, 4) is 0 Å². The SMILES string of the molecule is CCC(=O)NC(O)NC(=O)OC(C)(C)C.